The second-order valence-electron chi connectivity index (χ2n) is 4.31. The van der Waals surface area contributed by atoms with Crippen LogP contribution in [0.1, 0.15) is 17.4 Å². The molecule has 1 heterocycles. The van der Waals surface area contributed by atoms with E-state index >= 15 is 0 Å². The molecule has 0 unspecified atom stereocenters. The van der Waals surface area contributed by atoms with Crippen LogP contribution in [0.25, 0.3) is 0 Å². The average Bonchev–Trinajstić information content (AvgIpc) is 2.88. The van der Waals surface area contributed by atoms with Crippen LogP contribution in [0.2, 0.25) is 5.02 Å². The van der Waals surface area contributed by atoms with Gasteiger partial charge in [-0.15, -0.1) is 0 Å². The molecule has 0 spiro atoms. The van der Waals surface area contributed by atoms with Gasteiger partial charge in [-0.3, -0.25) is 19.6 Å². The third kappa shape index (κ3) is 3.34. The summed E-state index contributed by atoms with van der Waals surface area (Å²) in [6.45, 7) is 2.42. The molecule has 1 N–H and O–H groups in total. The molecule has 0 aliphatic heterocycles. The number of rotatable bonds is 5. The summed E-state index contributed by atoms with van der Waals surface area (Å²) < 4.78 is 6.50. The van der Waals surface area contributed by atoms with Gasteiger partial charge >= 0.3 is 0 Å². The zero-order chi connectivity index (χ0) is 16.3. The molecule has 0 atom stereocenters. The van der Waals surface area contributed by atoms with Crippen LogP contribution in [0.3, 0.4) is 0 Å². The van der Waals surface area contributed by atoms with E-state index in [0.717, 1.165) is 0 Å². The fourth-order valence-electron chi connectivity index (χ4n) is 1.78. The van der Waals surface area contributed by atoms with Crippen LogP contribution in [0.5, 0.6) is 5.75 Å². The lowest BCUT2D eigenvalue weighted by atomic mass is 10.2. The molecule has 116 valence electrons. The molecule has 9 heteroatoms. The second kappa shape index (κ2) is 6.44. The van der Waals surface area contributed by atoms with Crippen molar-refractivity contribution >= 4 is 28.9 Å². The van der Waals surface area contributed by atoms with Crippen LogP contribution in [-0.2, 0) is 6.54 Å². The number of hydrogen-bond donors (Lipinski definition) is 1. The molecular weight excluding hydrogens is 312 g/mol. The van der Waals surface area contributed by atoms with E-state index in [4.69, 9.17) is 16.3 Å². The number of aryl methyl sites for hydroxylation is 1. The van der Waals surface area contributed by atoms with Gasteiger partial charge in [0.25, 0.3) is 11.6 Å². The first kappa shape index (κ1) is 15.8. The number of nitro benzene ring substituents is 1. The van der Waals surface area contributed by atoms with Crippen molar-refractivity contribution in [3.63, 3.8) is 0 Å². The standard InChI is InChI=1S/C13H13ClN4O4/c1-3-17-7-11(14)12(16-17)13(19)15-8-4-9(18(20)21)6-10(5-8)22-2/h4-7H,3H2,1-2H3,(H,15,19). The number of aromatic nitrogens is 2. The van der Waals surface area contributed by atoms with Crippen LogP contribution in [0.4, 0.5) is 11.4 Å². The van der Waals surface area contributed by atoms with Gasteiger partial charge in [-0.1, -0.05) is 11.6 Å². The number of nitrogens with one attached hydrogen (secondary N) is 1. The number of nitro groups is 1. The monoisotopic (exact) mass is 324 g/mol. The molecule has 1 aromatic carbocycles. The molecule has 22 heavy (non-hydrogen) atoms. The summed E-state index contributed by atoms with van der Waals surface area (Å²) in [5.74, 6) is -0.297. The molecular formula is C13H13ClN4O4. The van der Waals surface area contributed by atoms with Gasteiger partial charge in [-0.25, -0.2) is 0 Å². The van der Waals surface area contributed by atoms with E-state index in [9.17, 15) is 14.9 Å². The SMILES string of the molecule is CCn1cc(Cl)c(C(=O)Nc2cc(OC)cc([N+](=O)[O-])c2)n1. The number of hydrogen-bond acceptors (Lipinski definition) is 5. The highest BCUT2D eigenvalue weighted by atomic mass is 35.5. The fourth-order valence-corrected chi connectivity index (χ4v) is 2.02. The molecule has 0 fully saturated rings. The molecule has 1 aromatic heterocycles. The Hall–Kier alpha value is -2.61. The van der Waals surface area contributed by atoms with E-state index in [2.05, 4.69) is 10.4 Å². The summed E-state index contributed by atoms with van der Waals surface area (Å²) in [6, 6.07) is 3.95. The molecule has 0 bridgehead atoms. The van der Waals surface area contributed by atoms with Crippen LogP contribution < -0.4 is 10.1 Å². The molecule has 0 aliphatic carbocycles. The lowest BCUT2D eigenvalue weighted by Crippen LogP contribution is -2.14. The zero-order valence-electron chi connectivity index (χ0n) is 11.9. The molecule has 0 aliphatic rings. The Morgan fingerprint density at radius 2 is 2.23 bits per heavy atom. The summed E-state index contributed by atoms with van der Waals surface area (Å²) in [4.78, 5) is 22.5. The Bertz CT molecular complexity index is 729. The smallest absolute Gasteiger partial charge is 0.277 e. The van der Waals surface area contributed by atoms with Gasteiger partial charge in [0.15, 0.2) is 5.69 Å². The number of carbonyl (C=O) groups is 1. The van der Waals surface area contributed by atoms with Crippen molar-refractivity contribution in [2.75, 3.05) is 12.4 Å². The Labute approximate surface area is 130 Å². The zero-order valence-corrected chi connectivity index (χ0v) is 12.6. The average molecular weight is 325 g/mol. The van der Waals surface area contributed by atoms with E-state index in [1.54, 1.807) is 0 Å². The highest BCUT2D eigenvalue weighted by molar-refractivity contribution is 6.34. The normalized spacial score (nSPS) is 10.3. The molecule has 0 radical (unpaired) electrons. The van der Waals surface area contributed by atoms with Gasteiger partial charge in [0.1, 0.15) is 5.75 Å². The highest BCUT2D eigenvalue weighted by Crippen LogP contribution is 2.26. The van der Waals surface area contributed by atoms with Crippen LogP contribution in [-0.4, -0.2) is 27.7 Å². The number of methoxy groups -OCH3 is 1. The van der Waals surface area contributed by atoms with E-state index in [1.807, 2.05) is 6.92 Å². The predicted octanol–water partition coefficient (Wildman–Crippen LogP) is 2.73. The second-order valence-corrected chi connectivity index (χ2v) is 4.72. The third-order valence-electron chi connectivity index (χ3n) is 2.85. The third-order valence-corrected chi connectivity index (χ3v) is 3.13. The maximum Gasteiger partial charge on any atom is 0.277 e. The quantitative estimate of drug-likeness (QED) is 0.673. The topological polar surface area (TPSA) is 99.3 Å². The van der Waals surface area contributed by atoms with Gasteiger partial charge in [-0.2, -0.15) is 5.10 Å². The summed E-state index contributed by atoms with van der Waals surface area (Å²) in [6.07, 6.45) is 1.53. The number of amides is 1. The van der Waals surface area contributed by atoms with Crippen LogP contribution >= 0.6 is 11.6 Å². The van der Waals surface area contributed by atoms with Crippen molar-refractivity contribution < 1.29 is 14.5 Å². The summed E-state index contributed by atoms with van der Waals surface area (Å²) in [5, 5.41) is 17.6. The van der Waals surface area contributed by atoms with Crippen molar-refractivity contribution in [1.29, 1.82) is 0 Å². The molecule has 2 rings (SSSR count). The van der Waals surface area contributed by atoms with Crippen molar-refractivity contribution in [3.8, 4) is 5.75 Å². The minimum Gasteiger partial charge on any atom is -0.496 e. The van der Waals surface area contributed by atoms with Crippen LogP contribution in [0, 0.1) is 10.1 Å². The number of ether oxygens (including phenoxy) is 1. The number of anilines is 1. The lowest BCUT2D eigenvalue weighted by Gasteiger charge is -2.06. The van der Waals surface area contributed by atoms with Crippen molar-refractivity contribution in [1.82, 2.24) is 9.78 Å². The summed E-state index contributed by atoms with van der Waals surface area (Å²) >= 11 is 5.95. The Balaban J connectivity index is 2.29. The Kier molecular flexibility index (Phi) is 4.62. The predicted molar refractivity (Wildman–Crippen MR) is 80.5 cm³/mol. The van der Waals surface area contributed by atoms with Gasteiger partial charge in [0, 0.05) is 24.9 Å². The Morgan fingerprint density at radius 1 is 1.50 bits per heavy atom. The number of benzene rings is 1. The fraction of sp³-hybridized carbons (Fsp3) is 0.231. The van der Waals surface area contributed by atoms with Gasteiger partial charge in [0.05, 0.1) is 28.8 Å². The van der Waals surface area contributed by atoms with Crippen LogP contribution in [0.15, 0.2) is 24.4 Å². The highest BCUT2D eigenvalue weighted by Gasteiger charge is 2.17. The maximum absolute atomic E-state index is 12.2. The van der Waals surface area contributed by atoms with E-state index in [0.29, 0.717) is 6.54 Å². The van der Waals surface area contributed by atoms with Gasteiger partial charge < -0.3 is 10.1 Å². The first-order valence-corrected chi connectivity index (χ1v) is 6.70. The largest absolute Gasteiger partial charge is 0.496 e. The first-order chi connectivity index (χ1) is 10.4. The molecule has 0 saturated heterocycles. The number of halogens is 1. The number of carbonyl (C=O) groups excluding carboxylic acids is 1. The van der Waals surface area contributed by atoms with Crippen molar-refractivity contribution in [2.45, 2.75) is 13.5 Å². The molecule has 1 amide bonds. The summed E-state index contributed by atoms with van der Waals surface area (Å²) in [5.41, 5.74) is 0.0759. The van der Waals surface area contributed by atoms with E-state index in [-0.39, 0.29) is 27.8 Å². The van der Waals surface area contributed by atoms with Gasteiger partial charge in [0.2, 0.25) is 0 Å². The molecule has 8 nitrogen and oxygen atoms in total. The minimum atomic E-state index is -0.572. The first-order valence-electron chi connectivity index (χ1n) is 6.32. The molecule has 2 aromatic rings. The van der Waals surface area contributed by atoms with E-state index in [1.165, 1.54) is 36.2 Å². The number of non-ortho nitro benzene ring substituents is 1. The lowest BCUT2D eigenvalue weighted by molar-refractivity contribution is -0.384. The number of nitrogens with zero attached hydrogens (tertiary/aromatic N) is 3. The van der Waals surface area contributed by atoms with Gasteiger partial charge in [-0.05, 0) is 6.92 Å². The Morgan fingerprint density at radius 3 is 2.77 bits per heavy atom. The minimum absolute atomic E-state index is 0.0500. The van der Waals surface area contributed by atoms with Crippen molar-refractivity contribution in [3.05, 3.63) is 45.2 Å². The summed E-state index contributed by atoms with van der Waals surface area (Å²) in [7, 11) is 1.38. The van der Waals surface area contributed by atoms with E-state index < -0.39 is 10.8 Å². The van der Waals surface area contributed by atoms with Crippen molar-refractivity contribution in [2.24, 2.45) is 0 Å². The molecule has 0 saturated carbocycles. The maximum atomic E-state index is 12.2.